The lowest BCUT2D eigenvalue weighted by molar-refractivity contribution is 0.424. The lowest BCUT2D eigenvalue weighted by atomic mass is 9.79. The minimum atomic E-state index is -1.79. The molecule has 0 aliphatic heterocycles. The van der Waals surface area contributed by atoms with Gasteiger partial charge in [-0.2, -0.15) is 10.2 Å². The van der Waals surface area contributed by atoms with Gasteiger partial charge >= 0.3 is 14.2 Å². The predicted octanol–water partition coefficient (Wildman–Crippen LogP) is -0.833. The molecule has 0 amide bonds. The van der Waals surface area contributed by atoms with E-state index in [1.807, 2.05) is 0 Å². The molecule has 106 valence electrons. The highest BCUT2D eigenvalue weighted by Crippen LogP contribution is 2.19. The maximum Gasteiger partial charge on any atom is 0.490 e. The molecule has 0 unspecified atom stereocenters. The molecule has 0 fully saturated rings. The third-order valence-electron chi connectivity index (χ3n) is 2.73. The van der Waals surface area contributed by atoms with Crippen LogP contribution in [0.1, 0.15) is 0 Å². The fourth-order valence-corrected chi connectivity index (χ4v) is 1.70. The topological polar surface area (TPSA) is 126 Å². The van der Waals surface area contributed by atoms with E-state index in [2.05, 4.69) is 10.2 Å². The highest BCUT2D eigenvalue weighted by molar-refractivity contribution is 6.60. The summed E-state index contributed by atoms with van der Waals surface area (Å²) in [5.41, 5.74) is 0.821. The molecular weight excluding hydrogens is 274 g/mol. The molecular formula is C12H12B2N2O5. The average Bonchev–Trinajstić information content (AvgIpc) is 2.46. The molecule has 5 N–H and O–H groups in total. The zero-order valence-corrected chi connectivity index (χ0v) is 10.8. The van der Waals surface area contributed by atoms with Crippen molar-refractivity contribution in [3.8, 4) is 5.75 Å². The maximum atomic E-state index is 9.32. The van der Waals surface area contributed by atoms with E-state index in [1.165, 1.54) is 30.3 Å². The summed E-state index contributed by atoms with van der Waals surface area (Å²) >= 11 is 0. The lowest BCUT2D eigenvalue weighted by Crippen LogP contribution is -2.29. The number of benzene rings is 2. The van der Waals surface area contributed by atoms with Crippen LogP contribution in [0.2, 0.25) is 0 Å². The first-order valence-corrected chi connectivity index (χ1v) is 6.04. The van der Waals surface area contributed by atoms with E-state index in [-0.39, 0.29) is 22.4 Å². The zero-order valence-electron chi connectivity index (χ0n) is 10.8. The van der Waals surface area contributed by atoms with Crippen molar-refractivity contribution >= 4 is 36.5 Å². The molecule has 0 aliphatic carbocycles. The van der Waals surface area contributed by atoms with Crippen LogP contribution in [-0.4, -0.2) is 39.4 Å². The summed E-state index contributed by atoms with van der Waals surface area (Å²) < 4.78 is 0. The predicted molar refractivity (Wildman–Crippen MR) is 78.4 cm³/mol. The summed E-state index contributed by atoms with van der Waals surface area (Å²) in [7, 11) is -3.40. The Kier molecular flexibility index (Phi) is 4.71. The van der Waals surface area contributed by atoms with E-state index in [0.717, 1.165) is 0 Å². The van der Waals surface area contributed by atoms with Crippen molar-refractivity contribution in [1.29, 1.82) is 0 Å². The first-order chi connectivity index (χ1) is 9.97. The highest BCUT2D eigenvalue weighted by Gasteiger charge is 2.17. The zero-order chi connectivity index (χ0) is 15.4. The number of phenolic OH excluding ortho intramolecular Hbond substituents is 1. The van der Waals surface area contributed by atoms with Crippen LogP contribution in [0.5, 0.6) is 5.75 Å². The molecule has 0 saturated carbocycles. The van der Waals surface area contributed by atoms with E-state index in [9.17, 15) is 15.2 Å². The first-order valence-electron chi connectivity index (χ1n) is 6.04. The molecule has 21 heavy (non-hydrogen) atoms. The van der Waals surface area contributed by atoms with Gasteiger partial charge in [-0.25, -0.2) is 0 Å². The minimum absolute atomic E-state index is 0.0112. The molecule has 2 rings (SSSR count). The van der Waals surface area contributed by atoms with Gasteiger partial charge in [-0.1, -0.05) is 12.1 Å². The van der Waals surface area contributed by atoms with Crippen molar-refractivity contribution in [1.82, 2.24) is 0 Å². The van der Waals surface area contributed by atoms with Crippen molar-refractivity contribution in [3.63, 3.8) is 0 Å². The first kappa shape index (κ1) is 15.2. The number of aromatic hydroxyl groups is 1. The van der Waals surface area contributed by atoms with E-state index in [1.54, 1.807) is 12.1 Å². The standard InChI is InChI=1S/C12H12B2N2O5/c17-10-4-5-12(11(7-10)14(20)21)16-15-9-3-1-2-8(6-9)13(18)19/h1-7,17-21H/b16-15+. The van der Waals surface area contributed by atoms with Crippen LogP contribution in [0, 0.1) is 0 Å². The van der Waals surface area contributed by atoms with E-state index in [4.69, 9.17) is 10.0 Å². The van der Waals surface area contributed by atoms with Crippen molar-refractivity contribution < 1.29 is 25.2 Å². The van der Waals surface area contributed by atoms with E-state index in [0.29, 0.717) is 5.69 Å². The number of rotatable bonds is 4. The number of azo groups is 1. The largest absolute Gasteiger partial charge is 0.508 e. The number of hydrogen-bond acceptors (Lipinski definition) is 7. The number of phenols is 1. The Labute approximate surface area is 121 Å². The van der Waals surface area contributed by atoms with Gasteiger partial charge in [0.05, 0.1) is 11.4 Å². The number of hydrogen-bond donors (Lipinski definition) is 5. The van der Waals surface area contributed by atoms with Gasteiger partial charge in [0.15, 0.2) is 0 Å². The van der Waals surface area contributed by atoms with Gasteiger partial charge in [0.2, 0.25) is 0 Å². The SMILES string of the molecule is OB(O)c1cccc(/N=N/c2ccc(O)cc2B(O)O)c1. The second kappa shape index (κ2) is 6.51. The summed E-state index contributed by atoms with van der Waals surface area (Å²) in [6, 6.07) is 10.0. The Morgan fingerprint density at radius 1 is 0.810 bits per heavy atom. The monoisotopic (exact) mass is 286 g/mol. The Balaban J connectivity index is 2.31. The summed E-state index contributed by atoms with van der Waals surface area (Å²) in [5, 5.41) is 53.7. The van der Waals surface area contributed by atoms with Crippen molar-refractivity contribution in [2.45, 2.75) is 0 Å². The fourth-order valence-electron chi connectivity index (χ4n) is 1.70. The molecule has 7 nitrogen and oxygen atoms in total. The molecule has 0 radical (unpaired) electrons. The lowest BCUT2D eigenvalue weighted by Gasteiger charge is -2.04. The highest BCUT2D eigenvalue weighted by atomic mass is 16.4. The second-order valence-electron chi connectivity index (χ2n) is 4.29. The van der Waals surface area contributed by atoms with Crippen molar-refractivity contribution in [3.05, 3.63) is 42.5 Å². The van der Waals surface area contributed by atoms with E-state index < -0.39 is 14.2 Å². The Morgan fingerprint density at radius 3 is 2.24 bits per heavy atom. The molecule has 9 heteroatoms. The maximum absolute atomic E-state index is 9.32. The quantitative estimate of drug-likeness (QED) is 0.370. The molecule has 0 heterocycles. The van der Waals surface area contributed by atoms with Crippen LogP contribution in [0.4, 0.5) is 11.4 Å². The van der Waals surface area contributed by atoms with Crippen LogP contribution >= 0.6 is 0 Å². The minimum Gasteiger partial charge on any atom is -0.508 e. The molecule has 2 aromatic rings. The molecule has 0 saturated heterocycles. The third-order valence-corrected chi connectivity index (χ3v) is 2.73. The van der Waals surface area contributed by atoms with Crippen LogP contribution < -0.4 is 10.9 Å². The van der Waals surface area contributed by atoms with Crippen molar-refractivity contribution in [2.24, 2.45) is 10.2 Å². The van der Waals surface area contributed by atoms with E-state index >= 15 is 0 Å². The Bertz CT molecular complexity index is 664. The molecule has 0 aliphatic rings. The second-order valence-corrected chi connectivity index (χ2v) is 4.29. The van der Waals surface area contributed by atoms with Gasteiger partial charge in [-0.3, -0.25) is 0 Å². The summed E-state index contributed by atoms with van der Waals surface area (Å²) in [4.78, 5) is 0. The fraction of sp³-hybridized carbons (Fsp3) is 0. The van der Waals surface area contributed by atoms with Gasteiger partial charge in [0, 0.05) is 5.46 Å². The Morgan fingerprint density at radius 2 is 1.57 bits per heavy atom. The molecule has 0 bridgehead atoms. The van der Waals surface area contributed by atoms with Gasteiger partial charge < -0.3 is 25.2 Å². The van der Waals surface area contributed by atoms with Gasteiger partial charge in [0.25, 0.3) is 0 Å². The number of nitrogens with zero attached hydrogens (tertiary/aromatic N) is 2. The van der Waals surface area contributed by atoms with Gasteiger partial charge in [-0.05, 0) is 35.8 Å². The summed E-state index contributed by atoms with van der Waals surface area (Å²) in [5.74, 6) is -0.123. The summed E-state index contributed by atoms with van der Waals surface area (Å²) in [6.07, 6.45) is 0. The van der Waals surface area contributed by atoms with Crippen LogP contribution in [-0.2, 0) is 0 Å². The molecule has 0 spiro atoms. The van der Waals surface area contributed by atoms with Gasteiger partial charge in [0.1, 0.15) is 5.75 Å². The smallest absolute Gasteiger partial charge is 0.490 e. The third kappa shape index (κ3) is 3.89. The Hall–Kier alpha value is -2.19. The summed E-state index contributed by atoms with van der Waals surface area (Å²) in [6.45, 7) is 0. The van der Waals surface area contributed by atoms with Gasteiger partial charge in [-0.15, -0.1) is 0 Å². The van der Waals surface area contributed by atoms with Crippen LogP contribution in [0.25, 0.3) is 0 Å². The molecule has 2 aromatic carbocycles. The molecule has 0 aromatic heterocycles. The van der Waals surface area contributed by atoms with Crippen LogP contribution in [0.3, 0.4) is 0 Å². The van der Waals surface area contributed by atoms with Crippen molar-refractivity contribution in [2.75, 3.05) is 0 Å². The normalized spacial score (nSPS) is 10.9. The molecule has 0 atom stereocenters. The van der Waals surface area contributed by atoms with Crippen LogP contribution in [0.15, 0.2) is 52.7 Å². The average molecular weight is 286 g/mol.